The maximum atomic E-state index is 11.8. The summed E-state index contributed by atoms with van der Waals surface area (Å²) in [5.74, 6) is -1.75. The number of carboxylic acids is 1. The molecule has 100 valence electrons. The monoisotopic (exact) mass is 261 g/mol. The number of aliphatic carboxylic acids is 1. The van der Waals surface area contributed by atoms with Crippen molar-refractivity contribution in [1.29, 1.82) is 0 Å². The quantitative estimate of drug-likeness (QED) is 0.626. The van der Waals surface area contributed by atoms with E-state index in [4.69, 9.17) is 5.11 Å². The van der Waals surface area contributed by atoms with E-state index in [2.05, 4.69) is 0 Å². The Hall–Kier alpha value is -2.17. The number of carbonyl (C=O) groups excluding carboxylic acids is 2. The van der Waals surface area contributed by atoms with Gasteiger partial charge in [-0.15, -0.1) is 0 Å². The minimum absolute atomic E-state index is 0.142. The van der Waals surface area contributed by atoms with Crippen LogP contribution in [0.25, 0.3) is 0 Å². The number of carbonyl (C=O) groups is 3. The van der Waals surface area contributed by atoms with Crippen LogP contribution in [0.1, 0.15) is 36.0 Å². The van der Waals surface area contributed by atoms with Gasteiger partial charge in [0, 0.05) is 13.0 Å². The Morgan fingerprint density at radius 3 is 2.58 bits per heavy atom. The molecule has 0 bridgehead atoms. The Labute approximate surface area is 110 Å². The molecular formula is C14H15NO4. The molecule has 1 N–H and O–H groups in total. The van der Waals surface area contributed by atoms with Crippen molar-refractivity contribution in [3.05, 3.63) is 29.8 Å². The summed E-state index contributed by atoms with van der Waals surface area (Å²) in [5.41, 5.74) is 1.12. The molecule has 0 radical (unpaired) electrons. The second kappa shape index (κ2) is 5.65. The number of nitrogens with zero attached hydrogens (tertiary/aromatic N) is 1. The van der Waals surface area contributed by atoms with E-state index < -0.39 is 17.7 Å². The summed E-state index contributed by atoms with van der Waals surface area (Å²) in [7, 11) is 0. The minimum Gasteiger partial charge on any atom is -0.481 e. The number of carboxylic acid groups (broad SMARTS) is 1. The maximum absolute atomic E-state index is 11.8. The van der Waals surface area contributed by atoms with E-state index in [1.807, 2.05) is 0 Å². The number of unbranched alkanes of at least 4 members (excludes halogenated alkanes) is 2. The normalized spacial score (nSPS) is 13.8. The van der Waals surface area contributed by atoms with Gasteiger partial charge in [0.05, 0.1) is 11.3 Å². The first-order valence-electron chi connectivity index (χ1n) is 6.28. The second-order valence-electron chi connectivity index (χ2n) is 4.51. The van der Waals surface area contributed by atoms with Crippen LogP contribution in [-0.2, 0) is 9.59 Å². The number of rotatable bonds is 6. The van der Waals surface area contributed by atoms with Gasteiger partial charge in [-0.3, -0.25) is 14.4 Å². The third-order valence-corrected chi connectivity index (χ3v) is 3.15. The number of anilines is 1. The van der Waals surface area contributed by atoms with Crippen LogP contribution in [0.2, 0.25) is 0 Å². The van der Waals surface area contributed by atoms with Gasteiger partial charge in [-0.25, -0.2) is 0 Å². The zero-order valence-corrected chi connectivity index (χ0v) is 10.5. The summed E-state index contributed by atoms with van der Waals surface area (Å²) in [6.45, 7) is 0.460. The Morgan fingerprint density at radius 2 is 1.84 bits per heavy atom. The first-order chi connectivity index (χ1) is 9.11. The Morgan fingerprint density at radius 1 is 1.11 bits per heavy atom. The van der Waals surface area contributed by atoms with Crippen LogP contribution in [0.15, 0.2) is 24.3 Å². The van der Waals surface area contributed by atoms with Crippen molar-refractivity contribution in [2.75, 3.05) is 11.4 Å². The van der Waals surface area contributed by atoms with Gasteiger partial charge in [-0.05, 0) is 25.0 Å². The van der Waals surface area contributed by atoms with Gasteiger partial charge < -0.3 is 10.0 Å². The molecule has 1 heterocycles. The van der Waals surface area contributed by atoms with Crippen LogP contribution in [0.5, 0.6) is 0 Å². The number of hydrogen-bond acceptors (Lipinski definition) is 3. The highest BCUT2D eigenvalue weighted by molar-refractivity contribution is 6.52. The largest absolute Gasteiger partial charge is 0.481 e. The third kappa shape index (κ3) is 2.81. The van der Waals surface area contributed by atoms with E-state index in [1.54, 1.807) is 24.3 Å². The minimum atomic E-state index is -0.808. The molecule has 0 atom stereocenters. The Bertz CT molecular complexity index is 524. The molecule has 0 aromatic heterocycles. The molecule has 1 aliphatic heterocycles. The molecule has 1 aromatic rings. The van der Waals surface area contributed by atoms with E-state index in [-0.39, 0.29) is 6.42 Å². The zero-order chi connectivity index (χ0) is 13.8. The molecule has 0 unspecified atom stereocenters. The molecule has 2 rings (SSSR count). The highest BCUT2D eigenvalue weighted by atomic mass is 16.4. The van der Waals surface area contributed by atoms with Crippen molar-refractivity contribution in [3.8, 4) is 0 Å². The summed E-state index contributed by atoms with van der Waals surface area (Å²) >= 11 is 0. The number of amides is 1. The second-order valence-corrected chi connectivity index (χ2v) is 4.51. The highest BCUT2D eigenvalue weighted by Gasteiger charge is 2.34. The molecule has 5 heteroatoms. The highest BCUT2D eigenvalue weighted by Crippen LogP contribution is 2.28. The molecule has 0 spiro atoms. The van der Waals surface area contributed by atoms with Crippen LogP contribution < -0.4 is 4.90 Å². The standard InChI is InChI=1S/C14H15NO4/c16-12(17)8-2-1-5-9-15-11-7-4-3-6-10(11)13(18)14(15)19/h3-4,6-7H,1-2,5,8-9H2,(H,16,17). The molecule has 5 nitrogen and oxygen atoms in total. The number of para-hydroxylation sites is 1. The molecule has 1 aliphatic rings. The Kier molecular flexibility index (Phi) is 3.94. The van der Waals surface area contributed by atoms with E-state index in [9.17, 15) is 14.4 Å². The summed E-state index contributed by atoms with van der Waals surface area (Å²) in [6, 6.07) is 6.94. The summed E-state index contributed by atoms with van der Waals surface area (Å²) in [5, 5.41) is 8.52. The van der Waals surface area contributed by atoms with E-state index in [0.29, 0.717) is 30.6 Å². The van der Waals surface area contributed by atoms with Crippen LogP contribution in [-0.4, -0.2) is 29.3 Å². The van der Waals surface area contributed by atoms with Crippen LogP contribution in [0, 0.1) is 0 Å². The lowest BCUT2D eigenvalue weighted by Gasteiger charge is -2.15. The molecule has 0 saturated heterocycles. The lowest BCUT2D eigenvalue weighted by molar-refractivity contribution is -0.137. The average molecular weight is 261 g/mol. The van der Waals surface area contributed by atoms with Crippen LogP contribution >= 0.6 is 0 Å². The number of hydrogen-bond donors (Lipinski definition) is 1. The number of fused-ring (bicyclic) bond motifs is 1. The molecule has 1 amide bonds. The van der Waals surface area contributed by atoms with Gasteiger partial charge in [0.25, 0.3) is 11.7 Å². The van der Waals surface area contributed by atoms with Crippen molar-refractivity contribution in [1.82, 2.24) is 0 Å². The van der Waals surface area contributed by atoms with E-state index in [0.717, 1.165) is 6.42 Å². The van der Waals surface area contributed by atoms with Gasteiger partial charge in [0.1, 0.15) is 0 Å². The van der Waals surface area contributed by atoms with Crippen LogP contribution in [0.3, 0.4) is 0 Å². The van der Waals surface area contributed by atoms with Gasteiger partial charge in [0.2, 0.25) is 0 Å². The topological polar surface area (TPSA) is 74.7 Å². The van der Waals surface area contributed by atoms with Gasteiger partial charge >= 0.3 is 5.97 Å². The SMILES string of the molecule is O=C(O)CCCCCN1C(=O)C(=O)c2ccccc21. The lowest BCUT2D eigenvalue weighted by Crippen LogP contribution is -2.30. The third-order valence-electron chi connectivity index (χ3n) is 3.15. The summed E-state index contributed by atoms with van der Waals surface area (Å²) in [4.78, 5) is 35.4. The predicted molar refractivity (Wildman–Crippen MR) is 69.2 cm³/mol. The van der Waals surface area contributed by atoms with Gasteiger partial charge in [-0.2, -0.15) is 0 Å². The zero-order valence-electron chi connectivity index (χ0n) is 10.5. The summed E-state index contributed by atoms with van der Waals surface area (Å²) in [6.07, 6.45) is 2.16. The smallest absolute Gasteiger partial charge is 0.303 e. The molecule has 19 heavy (non-hydrogen) atoms. The van der Waals surface area contributed by atoms with Crippen molar-refractivity contribution in [2.24, 2.45) is 0 Å². The van der Waals surface area contributed by atoms with Crippen molar-refractivity contribution >= 4 is 23.3 Å². The summed E-state index contributed by atoms with van der Waals surface area (Å²) < 4.78 is 0. The predicted octanol–water partition coefficient (Wildman–Crippen LogP) is 1.86. The number of ketones is 1. The molecule has 0 saturated carbocycles. The molecule has 0 aliphatic carbocycles. The first kappa shape index (κ1) is 13.3. The number of benzene rings is 1. The first-order valence-corrected chi connectivity index (χ1v) is 6.28. The Balaban J connectivity index is 1.92. The molecular weight excluding hydrogens is 246 g/mol. The van der Waals surface area contributed by atoms with Crippen LogP contribution in [0.4, 0.5) is 5.69 Å². The fraction of sp³-hybridized carbons (Fsp3) is 0.357. The fourth-order valence-corrected chi connectivity index (χ4v) is 2.19. The van der Waals surface area contributed by atoms with Gasteiger partial charge in [0.15, 0.2) is 0 Å². The van der Waals surface area contributed by atoms with Crippen molar-refractivity contribution in [3.63, 3.8) is 0 Å². The molecule has 1 aromatic carbocycles. The average Bonchev–Trinajstić information content (AvgIpc) is 2.63. The van der Waals surface area contributed by atoms with E-state index >= 15 is 0 Å². The lowest BCUT2D eigenvalue weighted by atomic mass is 10.1. The van der Waals surface area contributed by atoms with E-state index in [1.165, 1.54) is 4.90 Å². The van der Waals surface area contributed by atoms with Gasteiger partial charge in [-0.1, -0.05) is 18.6 Å². The molecule has 0 fully saturated rings. The maximum Gasteiger partial charge on any atom is 0.303 e. The van der Waals surface area contributed by atoms with Crippen molar-refractivity contribution < 1.29 is 19.5 Å². The fourth-order valence-electron chi connectivity index (χ4n) is 2.19. The number of Topliss-reactive ketones (excluding diaryl/α,β-unsaturated/α-hetero) is 1. The van der Waals surface area contributed by atoms with Crippen molar-refractivity contribution in [2.45, 2.75) is 25.7 Å².